The number of hydrogen-bond donors (Lipinski definition) is 2. The van der Waals surface area contributed by atoms with Crippen LogP contribution >= 0.6 is 11.8 Å². The van der Waals surface area contributed by atoms with E-state index in [0.717, 1.165) is 26.3 Å². The number of amides is 1. The van der Waals surface area contributed by atoms with E-state index in [4.69, 9.17) is 20.1 Å². The van der Waals surface area contributed by atoms with Crippen molar-refractivity contribution < 1.29 is 19.0 Å². The van der Waals surface area contributed by atoms with Crippen molar-refractivity contribution in [3.05, 3.63) is 30.1 Å². The lowest BCUT2D eigenvalue weighted by Gasteiger charge is -2.40. The van der Waals surface area contributed by atoms with Crippen LogP contribution in [0.5, 0.6) is 11.5 Å². The zero-order chi connectivity index (χ0) is 22.3. The van der Waals surface area contributed by atoms with Gasteiger partial charge in [-0.15, -0.1) is 10.2 Å². The molecule has 3 rings (SSSR count). The molecule has 1 aliphatic heterocycles. The average molecular weight is 451 g/mol. The van der Waals surface area contributed by atoms with E-state index < -0.39 is 0 Å². The number of aromatic nitrogens is 3. The van der Waals surface area contributed by atoms with Gasteiger partial charge in [0.1, 0.15) is 18.1 Å². The number of carbonyl (C=O) groups excluding carboxylic acids is 1. The molecule has 0 unspecified atom stereocenters. The molecule has 1 fully saturated rings. The molecule has 3 N–H and O–H groups in total. The Morgan fingerprint density at radius 2 is 2.03 bits per heavy atom. The molecule has 31 heavy (non-hydrogen) atoms. The van der Waals surface area contributed by atoms with Gasteiger partial charge in [0.05, 0.1) is 26.1 Å². The molecule has 0 aliphatic carbocycles. The third-order valence-electron chi connectivity index (χ3n) is 5.06. The highest BCUT2D eigenvalue weighted by atomic mass is 32.2. The zero-order valence-corrected chi connectivity index (χ0v) is 19.0. The van der Waals surface area contributed by atoms with Crippen LogP contribution in [0, 0.1) is 0 Å². The number of nitrogens with one attached hydrogen (secondary N) is 1. The lowest BCUT2D eigenvalue weighted by molar-refractivity contribution is -0.119. The largest absolute Gasteiger partial charge is 0.497 e. The Morgan fingerprint density at radius 1 is 1.29 bits per heavy atom. The van der Waals surface area contributed by atoms with Crippen LogP contribution in [0.25, 0.3) is 0 Å². The summed E-state index contributed by atoms with van der Waals surface area (Å²) >= 11 is 1.23. The molecule has 2 aromatic rings. The summed E-state index contributed by atoms with van der Waals surface area (Å²) in [7, 11) is 1.60. The van der Waals surface area contributed by atoms with E-state index >= 15 is 0 Å². The van der Waals surface area contributed by atoms with E-state index in [9.17, 15) is 4.79 Å². The van der Waals surface area contributed by atoms with Gasteiger partial charge in [0, 0.05) is 31.2 Å². The lowest BCUT2D eigenvalue weighted by Crippen LogP contribution is -2.55. The molecule has 0 atom stereocenters. The number of nitrogens with zero attached hydrogens (tertiary/aromatic N) is 4. The minimum Gasteiger partial charge on any atom is -0.497 e. The molecule has 10 nitrogen and oxygen atoms in total. The van der Waals surface area contributed by atoms with Gasteiger partial charge in [-0.2, -0.15) is 0 Å². The van der Waals surface area contributed by atoms with Crippen LogP contribution in [0.4, 0.5) is 0 Å². The molecule has 1 amide bonds. The van der Waals surface area contributed by atoms with E-state index in [0.29, 0.717) is 29.0 Å². The second-order valence-electron chi connectivity index (χ2n) is 7.71. The number of benzene rings is 1. The van der Waals surface area contributed by atoms with Crippen LogP contribution in [0.2, 0.25) is 0 Å². The quantitative estimate of drug-likeness (QED) is 0.402. The van der Waals surface area contributed by atoms with Crippen LogP contribution in [0.3, 0.4) is 0 Å². The van der Waals surface area contributed by atoms with Gasteiger partial charge in [0.2, 0.25) is 11.1 Å². The van der Waals surface area contributed by atoms with Gasteiger partial charge in [-0.05, 0) is 26.0 Å². The highest BCUT2D eigenvalue weighted by Gasteiger charge is 2.28. The van der Waals surface area contributed by atoms with Gasteiger partial charge in [0.15, 0.2) is 5.82 Å². The average Bonchev–Trinajstić information content (AvgIpc) is 3.15. The lowest BCUT2D eigenvalue weighted by atomic mass is 10.0. The first-order valence-corrected chi connectivity index (χ1v) is 11.1. The van der Waals surface area contributed by atoms with E-state index in [2.05, 4.69) is 34.3 Å². The first-order chi connectivity index (χ1) is 14.9. The Morgan fingerprint density at radius 3 is 2.77 bits per heavy atom. The van der Waals surface area contributed by atoms with Gasteiger partial charge in [-0.25, -0.2) is 4.68 Å². The molecule has 0 spiro atoms. The number of hydrogen-bond acceptors (Lipinski definition) is 9. The van der Waals surface area contributed by atoms with Crippen molar-refractivity contribution in [2.24, 2.45) is 0 Å². The molecule has 0 radical (unpaired) electrons. The third-order valence-corrected chi connectivity index (χ3v) is 6.01. The van der Waals surface area contributed by atoms with Crippen LogP contribution in [0.1, 0.15) is 19.7 Å². The SMILES string of the molecule is COc1cccc(OCc2nnc(SCC(=O)NCC(C)(C)N3CCOCC3)n2N)c1. The maximum Gasteiger partial charge on any atom is 0.230 e. The molecule has 1 aromatic heterocycles. The standard InChI is InChI=1S/C20H30N6O4S/c1-20(2,25-7-9-29-10-8-25)14-22-18(27)13-31-19-24-23-17(26(19)21)12-30-16-6-4-5-15(11-16)28-3/h4-6,11H,7-10,12-14,21H2,1-3H3,(H,22,27). The zero-order valence-electron chi connectivity index (χ0n) is 18.2. The fourth-order valence-corrected chi connectivity index (χ4v) is 3.82. The third kappa shape index (κ3) is 6.49. The minimum atomic E-state index is -0.136. The van der Waals surface area contributed by atoms with Crippen molar-refractivity contribution in [3.8, 4) is 11.5 Å². The predicted octanol–water partition coefficient (Wildman–Crippen LogP) is 0.899. The number of nitrogens with two attached hydrogens (primary N) is 1. The monoisotopic (exact) mass is 450 g/mol. The molecule has 0 bridgehead atoms. The summed E-state index contributed by atoms with van der Waals surface area (Å²) in [5, 5.41) is 11.6. The van der Waals surface area contributed by atoms with Crippen LogP contribution in [-0.4, -0.2) is 76.9 Å². The molecule has 0 saturated carbocycles. The molecular weight excluding hydrogens is 420 g/mol. The number of morpholine rings is 1. The van der Waals surface area contributed by atoms with Crippen molar-refractivity contribution in [3.63, 3.8) is 0 Å². The van der Waals surface area contributed by atoms with Crippen molar-refractivity contribution in [1.82, 2.24) is 25.1 Å². The Hall–Kier alpha value is -2.50. The number of carbonyl (C=O) groups is 1. The fourth-order valence-electron chi connectivity index (χ4n) is 3.12. The van der Waals surface area contributed by atoms with Crippen molar-refractivity contribution >= 4 is 17.7 Å². The molecule has 170 valence electrons. The van der Waals surface area contributed by atoms with Gasteiger partial charge in [-0.1, -0.05) is 17.8 Å². The highest BCUT2D eigenvalue weighted by Crippen LogP contribution is 2.21. The summed E-state index contributed by atoms with van der Waals surface area (Å²) in [6.07, 6.45) is 0. The molecular formula is C20H30N6O4S. The number of nitrogen functional groups attached to an aromatic ring is 1. The molecule has 1 saturated heterocycles. The normalized spacial score (nSPS) is 14.9. The minimum absolute atomic E-state index is 0.0801. The van der Waals surface area contributed by atoms with Crippen molar-refractivity contribution in [1.29, 1.82) is 0 Å². The summed E-state index contributed by atoms with van der Waals surface area (Å²) in [5.41, 5.74) is -0.136. The Kier molecular flexibility index (Phi) is 7.99. The van der Waals surface area contributed by atoms with E-state index in [1.165, 1.54) is 16.4 Å². The van der Waals surface area contributed by atoms with E-state index in [1.54, 1.807) is 13.2 Å². The fraction of sp³-hybridized carbons (Fsp3) is 0.550. The molecule has 1 aromatic carbocycles. The summed E-state index contributed by atoms with van der Waals surface area (Å²) < 4.78 is 17.6. The van der Waals surface area contributed by atoms with Crippen LogP contribution in [0.15, 0.2) is 29.4 Å². The van der Waals surface area contributed by atoms with Crippen LogP contribution in [-0.2, 0) is 16.1 Å². The molecule has 11 heteroatoms. The van der Waals surface area contributed by atoms with Gasteiger partial charge in [0.25, 0.3) is 0 Å². The van der Waals surface area contributed by atoms with E-state index in [1.807, 2.05) is 18.2 Å². The summed E-state index contributed by atoms with van der Waals surface area (Å²) in [6, 6.07) is 7.26. The highest BCUT2D eigenvalue weighted by molar-refractivity contribution is 7.99. The summed E-state index contributed by atoms with van der Waals surface area (Å²) in [4.78, 5) is 14.7. The maximum atomic E-state index is 12.3. The Bertz CT molecular complexity index is 869. The second-order valence-corrected chi connectivity index (χ2v) is 8.66. The predicted molar refractivity (Wildman–Crippen MR) is 118 cm³/mol. The molecule has 1 aliphatic rings. The van der Waals surface area contributed by atoms with Gasteiger partial charge in [-0.3, -0.25) is 9.69 Å². The number of methoxy groups -OCH3 is 1. The summed E-state index contributed by atoms with van der Waals surface area (Å²) in [6.45, 7) is 8.14. The van der Waals surface area contributed by atoms with Crippen molar-refractivity contribution in [2.45, 2.75) is 31.1 Å². The number of thioether (sulfide) groups is 1. The van der Waals surface area contributed by atoms with Crippen molar-refractivity contribution in [2.75, 3.05) is 51.6 Å². The first-order valence-electron chi connectivity index (χ1n) is 10.1. The molecule has 2 heterocycles. The smallest absolute Gasteiger partial charge is 0.230 e. The number of rotatable bonds is 10. The summed E-state index contributed by atoms with van der Waals surface area (Å²) in [5.74, 6) is 7.98. The van der Waals surface area contributed by atoms with Gasteiger partial charge < -0.3 is 25.4 Å². The Balaban J connectivity index is 1.45. The van der Waals surface area contributed by atoms with E-state index in [-0.39, 0.29) is 23.8 Å². The van der Waals surface area contributed by atoms with Crippen LogP contribution < -0.4 is 20.6 Å². The first kappa shape index (κ1) is 23.2. The maximum absolute atomic E-state index is 12.3. The topological polar surface area (TPSA) is 117 Å². The second kappa shape index (κ2) is 10.7. The van der Waals surface area contributed by atoms with Gasteiger partial charge >= 0.3 is 0 Å². The Labute approximate surface area is 186 Å². The number of ether oxygens (including phenoxy) is 3.